The number of carbonyl (C=O) groups excluding carboxylic acids is 15. The number of aliphatic carboxylic acids is 2. The number of carboxylic acid groups (broad SMARTS) is 2. The molecule has 27 N–H and O–H groups in total. The van der Waals surface area contributed by atoms with Gasteiger partial charge in [-0.2, -0.15) is 0 Å². The molecule has 0 saturated carbocycles. The van der Waals surface area contributed by atoms with E-state index < -0.39 is 230 Å². The number of carboxylic acids is 2. The highest BCUT2D eigenvalue weighted by Crippen LogP contribution is 2.18. The van der Waals surface area contributed by atoms with Gasteiger partial charge in [-0.1, -0.05) is 151 Å². The number of unbranched alkanes of at least 4 members (excludes halogenated alkanes) is 2. The molecule has 0 bridgehead atoms. The summed E-state index contributed by atoms with van der Waals surface area (Å²) in [6.45, 7) is 9.23. The Balaban J connectivity index is 1.98. The number of hydrogen-bond acceptors (Lipinski definition) is 25. The Hall–Kier alpha value is -12.9. The van der Waals surface area contributed by atoms with E-state index in [-0.39, 0.29) is 121 Å². The van der Waals surface area contributed by atoms with Crippen LogP contribution in [0.4, 0.5) is 4.79 Å². The lowest BCUT2D eigenvalue weighted by molar-refractivity contribution is -0.151. The van der Waals surface area contributed by atoms with Crippen LogP contribution in [0.25, 0.3) is 0 Å². The zero-order valence-electron chi connectivity index (χ0n) is 72.8. The number of guanidine groups is 1. The van der Waals surface area contributed by atoms with Gasteiger partial charge in [0.1, 0.15) is 72.5 Å². The summed E-state index contributed by atoms with van der Waals surface area (Å²) in [6.07, 6.45) is -2.94. The Morgan fingerprint density at radius 2 is 0.803 bits per heavy atom. The van der Waals surface area contributed by atoms with E-state index in [4.69, 9.17) is 43.7 Å². The van der Waals surface area contributed by atoms with Gasteiger partial charge in [0, 0.05) is 32.2 Å². The second-order valence-electron chi connectivity index (χ2n) is 31.0. The van der Waals surface area contributed by atoms with Crippen molar-refractivity contribution in [2.45, 2.75) is 243 Å². The first-order valence-electron chi connectivity index (χ1n) is 42.1. The molecule has 43 nitrogen and oxygen atoms in total. The number of aliphatic hydroxyl groups is 1. The standard InChI is InChI=1S/C84H128N20O23/c1-8-49(5)69(80(120)99-62(44-65(87)106)78(118)98-61(43-54-28-17-12-18-29-54)77(117)96-58(34-35-67(108)109)74(114)94-55(30-19-21-37-85)72(112)100-63(82(122)123)40-48(3)4)103-81(121)70(50(6)9-2)102-79(119)64(45-105)101-73(113)56(31-20-22-38-86)93-71(111)57(32-23-39-91-83(88)89)95-76(116)60(42-53-26-15-11-16-27-53)97-75(115)59(41-52-24-13-10-14-25-52)92-66(107)46-127-104-51(7)33-36-68(110)125-47-126-84(90)124/h10-18,24-29,48-50,55-64,69-70,105H,8-9,19-23,30-47,85-86H2,1-7H3,(H2,87,106)(H2,90,124)(H,92,107)(H,93,111)(H,94,114)(H,95,116)(H,96,117)(H,97,115)(H,98,118)(H,99,120)(H,100,112)(H,101,113)(H,102,119)(H,103,121)(H,108,109)(H,122,123)(H4,88,89,91)/b104-51+. The quantitative estimate of drug-likeness (QED) is 0.00711. The van der Waals surface area contributed by atoms with Gasteiger partial charge in [0.25, 0.3) is 5.91 Å². The molecule has 0 aliphatic heterocycles. The van der Waals surface area contributed by atoms with E-state index in [2.05, 4.69) is 79.0 Å². The highest BCUT2D eigenvalue weighted by molar-refractivity contribution is 6.01. The fourth-order valence-corrected chi connectivity index (χ4v) is 12.7. The average molecular weight is 1790 g/mol. The third-order valence-corrected chi connectivity index (χ3v) is 20.1. The zero-order valence-corrected chi connectivity index (χ0v) is 72.8. The van der Waals surface area contributed by atoms with E-state index in [1.165, 1.54) is 6.92 Å². The molecule has 43 heteroatoms. The third-order valence-electron chi connectivity index (χ3n) is 20.1. The molecule has 0 aromatic heterocycles. The molecule has 127 heavy (non-hydrogen) atoms. The number of benzene rings is 3. The lowest BCUT2D eigenvalue weighted by atomic mass is 9.94. The molecule has 0 heterocycles. The Labute approximate surface area is 736 Å². The SMILES string of the molecule is CCC(C)C(NC(=O)C(CO)NC(=O)C(CCCCN)NC(=O)C(CCCNC(=N)N)NC(=O)C(Cc1ccccc1)NC(=O)C(Cc1ccccc1)NC(=O)CO/N=C(\C)CCC(=O)OCOC(N)=O)C(=O)NC(C(=O)NC(CC(N)=O)C(=O)NC(Cc1ccccc1)C(=O)NC(CCC(=O)O)C(=O)NC(CCCCN)C(=O)NC(CC(C)C)C(=O)O)C(C)CC. The van der Waals surface area contributed by atoms with Gasteiger partial charge in [-0.05, 0) is 125 Å². The number of primary amides is 2. The summed E-state index contributed by atoms with van der Waals surface area (Å²) in [5.41, 5.74) is 29.5. The molecule has 0 aliphatic carbocycles. The predicted molar refractivity (Wildman–Crippen MR) is 462 cm³/mol. The van der Waals surface area contributed by atoms with Crippen LogP contribution in [0.5, 0.6) is 0 Å². The molecular formula is C84H128N20O23. The lowest BCUT2D eigenvalue weighted by Gasteiger charge is -2.31. The molecule has 0 saturated heterocycles. The van der Waals surface area contributed by atoms with Crippen LogP contribution >= 0.6 is 0 Å². The zero-order chi connectivity index (χ0) is 94.7. The van der Waals surface area contributed by atoms with E-state index in [1.54, 1.807) is 133 Å². The van der Waals surface area contributed by atoms with Crippen LogP contribution in [0.2, 0.25) is 0 Å². The number of nitrogens with zero attached hydrogens (tertiary/aromatic N) is 1. The minimum atomic E-state index is -1.90. The minimum Gasteiger partial charge on any atom is -0.481 e. The maximum atomic E-state index is 14.9. The molecule has 702 valence electrons. The first-order valence-corrected chi connectivity index (χ1v) is 42.1. The van der Waals surface area contributed by atoms with Crippen LogP contribution in [0.1, 0.15) is 168 Å². The van der Waals surface area contributed by atoms with Crippen LogP contribution in [0, 0.1) is 23.2 Å². The first kappa shape index (κ1) is 108. The highest BCUT2D eigenvalue weighted by Gasteiger charge is 2.40. The van der Waals surface area contributed by atoms with Gasteiger partial charge < -0.3 is 127 Å². The second kappa shape index (κ2) is 59.1. The van der Waals surface area contributed by atoms with Gasteiger partial charge in [0.15, 0.2) is 12.6 Å². The van der Waals surface area contributed by atoms with Gasteiger partial charge in [-0.3, -0.25) is 77.3 Å². The van der Waals surface area contributed by atoms with Crippen LogP contribution in [0.3, 0.4) is 0 Å². The topological polar surface area (TPSA) is 701 Å². The van der Waals surface area contributed by atoms with Crippen molar-refractivity contribution in [3.8, 4) is 0 Å². The number of nitrogens with one attached hydrogen (secondary N) is 14. The second-order valence-corrected chi connectivity index (χ2v) is 31.0. The number of ether oxygens (including phenoxy) is 2. The van der Waals surface area contributed by atoms with Crippen LogP contribution in [-0.2, 0) is 110 Å². The van der Waals surface area contributed by atoms with Crippen molar-refractivity contribution in [1.82, 2.24) is 69.1 Å². The molecule has 14 unspecified atom stereocenters. The summed E-state index contributed by atoms with van der Waals surface area (Å²) in [6, 6.07) is 6.04. The summed E-state index contributed by atoms with van der Waals surface area (Å²) in [5.74, 6) is -18.8. The molecule has 3 aromatic rings. The van der Waals surface area contributed by atoms with E-state index >= 15 is 0 Å². The minimum absolute atomic E-state index is 0.00360. The molecule has 0 radical (unpaired) electrons. The van der Waals surface area contributed by atoms with Crippen molar-refractivity contribution in [3.05, 3.63) is 108 Å². The monoisotopic (exact) mass is 1780 g/mol. The summed E-state index contributed by atoms with van der Waals surface area (Å²) < 4.78 is 9.12. The largest absolute Gasteiger partial charge is 0.481 e. The number of oxime groups is 1. The van der Waals surface area contributed by atoms with Gasteiger partial charge in [-0.15, -0.1) is 0 Å². The molecule has 14 amide bonds. The van der Waals surface area contributed by atoms with E-state index in [1.807, 2.05) is 0 Å². The Morgan fingerprint density at radius 1 is 0.433 bits per heavy atom. The maximum absolute atomic E-state index is 14.9. The maximum Gasteiger partial charge on any atom is 0.407 e. The Bertz CT molecular complexity index is 4130. The molecule has 0 aliphatic rings. The van der Waals surface area contributed by atoms with Gasteiger partial charge >= 0.3 is 24.0 Å². The van der Waals surface area contributed by atoms with E-state index in [0.29, 0.717) is 29.5 Å². The predicted octanol–water partition coefficient (Wildman–Crippen LogP) is -2.22. The number of nitrogens with two attached hydrogens (primary N) is 5. The van der Waals surface area contributed by atoms with Crippen molar-refractivity contribution < 1.29 is 111 Å². The van der Waals surface area contributed by atoms with Gasteiger partial charge in [0.05, 0.1) is 25.2 Å². The smallest absolute Gasteiger partial charge is 0.407 e. The highest BCUT2D eigenvalue weighted by atomic mass is 16.7. The van der Waals surface area contributed by atoms with Crippen LogP contribution in [-0.4, -0.2) is 240 Å². The van der Waals surface area contributed by atoms with Crippen molar-refractivity contribution >= 4 is 112 Å². The number of carbonyl (C=O) groups is 17. The van der Waals surface area contributed by atoms with Crippen molar-refractivity contribution in [2.24, 2.45) is 51.6 Å². The Morgan fingerprint density at radius 3 is 1.20 bits per heavy atom. The fourth-order valence-electron chi connectivity index (χ4n) is 12.7. The first-order chi connectivity index (χ1) is 60.3. The number of amides is 14. The third kappa shape index (κ3) is 43.0. The molecule has 3 rings (SSSR count). The molecule has 0 fully saturated rings. The summed E-state index contributed by atoms with van der Waals surface area (Å²) in [7, 11) is 0. The van der Waals surface area contributed by atoms with Crippen molar-refractivity contribution in [3.63, 3.8) is 0 Å². The molecule has 0 spiro atoms. The molecule has 3 aromatic carbocycles. The summed E-state index contributed by atoms with van der Waals surface area (Å²) >= 11 is 0. The number of aliphatic hydroxyl groups excluding tert-OH is 1. The molecule has 14 atom stereocenters. The lowest BCUT2D eigenvalue weighted by Crippen LogP contribution is -2.63. The summed E-state index contributed by atoms with van der Waals surface area (Å²) in [4.78, 5) is 239. The number of hydrogen-bond donors (Lipinski definition) is 22. The summed E-state index contributed by atoms with van der Waals surface area (Å²) in [5, 5.41) is 75.4. The fraction of sp³-hybridized carbons (Fsp3) is 0.560. The Kier molecular flexibility index (Phi) is 50.3. The van der Waals surface area contributed by atoms with E-state index in [9.17, 15) is 96.8 Å². The average Bonchev–Trinajstić information content (AvgIpc) is 0.848. The normalized spacial score (nSPS) is 14.5. The van der Waals surface area contributed by atoms with Gasteiger partial charge in [0.2, 0.25) is 77.7 Å². The number of rotatable bonds is 62. The van der Waals surface area contributed by atoms with Crippen molar-refractivity contribution in [1.29, 1.82) is 5.41 Å². The van der Waals surface area contributed by atoms with E-state index in [0.717, 1.165) is 0 Å². The molecular weight excluding hydrogens is 1660 g/mol. The van der Waals surface area contributed by atoms with Crippen LogP contribution < -0.4 is 97.8 Å². The van der Waals surface area contributed by atoms with Crippen molar-refractivity contribution in [2.75, 3.05) is 39.6 Å². The number of esters is 1. The van der Waals surface area contributed by atoms with Gasteiger partial charge in [-0.25, -0.2) is 9.59 Å². The van der Waals surface area contributed by atoms with Crippen LogP contribution in [0.15, 0.2) is 96.2 Å².